The summed E-state index contributed by atoms with van der Waals surface area (Å²) in [6, 6.07) is 4.82. The van der Waals surface area contributed by atoms with Crippen molar-refractivity contribution in [3.8, 4) is 0 Å². The molecule has 0 unspecified atom stereocenters. The largest absolute Gasteiger partial charge is 0.442 e. The Morgan fingerprint density at radius 3 is 2.35 bits per heavy atom. The van der Waals surface area contributed by atoms with Gasteiger partial charge in [0, 0.05) is 71.0 Å². The highest BCUT2D eigenvalue weighted by Crippen LogP contribution is 2.31. The molecule has 282 valence electrons. The predicted molar refractivity (Wildman–Crippen MR) is 197 cm³/mol. The van der Waals surface area contributed by atoms with Crippen molar-refractivity contribution >= 4 is 35.5 Å². The van der Waals surface area contributed by atoms with Crippen molar-refractivity contribution in [2.75, 3.05) is 64.8 Å². The number of rotatable bonds is 7. The molecule has 2 saturated heterocycles. The maximum Gasteiger partial charge on any atom is 0.410 e. The fourth-order valence-electron chi connectivity index (χ4n) is 7.24. The van der Waals surface area contributed by atoms with E-state index in [9.17, 15) is 24.3 Å². The van der Waals surface area contributed by atoms with Crippen molar-refractivity contribution in [2.45, 2.75) is 84.5 Å². The lowest BCUT2D eigenvalue weighted by Crippen LogP contribution is -2.49. The highest BCUT2D eigenvalue weighted by Gasteiger charge is 2.34. The number of ether oxygens (including phenoxy) is 1. The summed E-state index contributed by atoms with van der Waals surface area (Å²) in [6.45, 7) is 12.1. The molecule has 4 rings (SSSR count). The number of aliphatic hydroxyl groups excluding tert-OH is 1. The first-order valence-electron chi connectivity index (χ1n) is 18.6. The topological polar surface area (TPSA) is 123 Å². The number of piperazine rings is 1. The minimum absolute atomic E-state index is 0.0540. The third-order valence-corrected chi connectivity index (χ3v) is 10.6. The summed E-state index contributed by atoms with van der Waals surface area (Å²) >= 11 is 0. The van der Waals surface area contributed by atoms with Crippen LogP contribution in [0.3, 0.4) is 0 Å². The van der Waals surface area contributed by atoms with Gasteiger partial charge >= 0.3 is 12.1 Å². The van der Waals surface area contributed by atoms with Crippen LogP contribution in [0.15, 0.2) is 35.9 Å². The molecule has 0 saturated carbocycles. The highest BCUT2D eigenvalue weighted by atomic mass is 19.1. The van der Waals surface area contributed by atoms with Crippen LogP contribution in [0.2, 0.25) is 0 Å². The van der Waals surface area contributed by atoms with Crippen LogP contribution in [0, 0.1) is 23.6 Å². The molecule has 0 spiro atoms. The molecule has 12 heteroatoms. The summed E-state index contributed by atoms with van der Waals surface area (Å²) in [7, 11) is 3.94. The molecule has 11 nitrogen and oxygen atoms in total. The number of Topliss-reactive ketones (excluding diaryl/α,β-unsaturated/α-hetero) is 2. The zero-order valence-corrected chi connectivity index (χ0v) is 31.3. The number of urea groups is 1. The van der Waals surface area contributed by atoms with Gasteiger partial charge in [0.25, 0.3) is 0 Å². The van der Waals surface area contributed by atoms with Gasteiger partial charge in [0.1, 0.15) is 11.9 Å². The molecule has 2 aliphatic heterocycles. The van der Waals surface area contributed by atoms with Crippen molar-refractivity contribution in [1.82, 2.24) is 20.0 Å². The van der Waals surface area contributed by atoms with Gasteiger partial charge in [-0.1, -0.05) is 38.5 Å². The molecule has 0 radical (unpaired) electrons. The van der Waals surface area contributed by atoms with Crippen molar-refractivity contribution < 1.29 is 33.4 Å². The third kappa shape index (κ3) is 11.1. The summed E-state index contributed by atoms with van der Waals surface area (Å²) in [5, 5.41) is 13.6. The van der Waals surface area contributed by atoms with Crippen LogP contribution in [0.25, 0.3) is 6.08 Å². The van der Waals surface area contributed by atoms with Crippen LogP contribution in [-0.2, 0) is 14.3 Å². The molecule has 0 aromatic heterocycles. The van der Waals surface area contributed by atoms with E-state index in [1.165, 1.54) is 12.1 Å². The number of carbonyl (C=O) groups is 4. The van der Waals surface area contributed by atoms with Gasteiger partial charge in [-0.3, -0.25) is 9.59 Å². The lowest BCUT2D eigenvalue weighted by atomic mass is 9.79. The Morgan fingerprint density at radius 1 is 1.00 bits per heavy atom. The molecule has 2 heterocycles. The van der Waals surface area contributed by atoms with Crippen LogP contribution in [0.5, 0.6) is 0 Å². The summed E-state index contributed by atoms with van der Waals surface area (Å²) in [4.78, 5) is 60.2. The SMILES string of the molecule is CCCNC(=O)N1CCC(N(C)c2cc(F)cc(/C=C(\C)[C@H]3C(=O)C(=O)C[C@@H](O)CC[C@@H](C)[C@@H](OC(=O)N4CCN(C)CC4)/C=C/[C@@H]3C)c2)CC1. The standard InChI is InChI=1S/C39H58FN5O6/c1-7-14-41-38(49)44-15-12-31(13-16-44)43(6)32-23-29(22-30(40)24-32)21-28(4)36-27(3)9-11-35(51-39(50)45-19-17-42(5)18-20-45)26(2)8-10-33(46)25-34(47)37(36)48/h9,11,21-24,26-27,31,33,35-36,46H,7-8,10,12-20,25H2,1-6H3,(H,41,49)/b11-9+,28-21+/t26-,27+,33+,35+,36+/m1/s1. The zero-order chi connectivity index (χ0) is 37.2. The number of ketones is 2. The number of nitrogens with zero attached hydrogens (tertiary/aromatic N) is 4. The molecule has 3 aliphatic rings. The summed E-state index contributed by atoms with van der Waals surface area (Å²) < 4.78 is 21.1. The van der Waals surface area contributed by atoms with Crippen molar-refractivity contribution in [1.29, 1.82) is 0 Å². The van der Waals surface area contributed by atoms with Crippen molar-refractivity contribution in [3.05, 3.63) is 47.3 Å². The molecule has 5 atom stereocenters. The summed E-state index contributed by atoms with van der Waals surface area (Å²) in [5.74, 6) is -3.12. The average molecular weight is 712 g/mol. The van der Waals surface area contributed by atoms with E-state index < -0.39 is 47.5 Å². The number of nitrogens with one attached hydrogen (secondary N) is 1. The molecule has 2 N–H and O–H groups in total. The number of allylic oxidation sites excluding steroid dienone is 2. The van der Waals surface area contributed by atoms with Gasteiger partial charge in [0.15, 0.2) is 0 Å². The van der Waals surface area contributed by atoms with Crippen LogP contribution in [0.1, 0.15) is 71.8 Å². The Hall–Kier alpha value is -3.77. The molecule has 1 aromatic rings. The number of hydrogen-bond donors (Lipinski definition) is 2. The predicted octanol–water partition coefficient (Wildman–Crippen LogP) is 5.13. The second kappa shape index (κ2) is 18.6. The van der Waals surface area contributed by atoms with E-state index in [1.54, 1.807) is 17.9 Å². The minimum Gasteiger partial charge on any atom is -0.442 e. The highest BCUT2D eigenvalue weighted by molar-refractivity contribution is 6.38. The smallest absolute Gasteiger partial charge is 0.410 e. The van der Waals surface area contributed by atoms with Crippen molar-refractivity contribution in [3.63, 3.8) is 0 Å². The lowest BCUT2D eigenvalue weighted by molar-refractivity contribution is -0.140. The van der Waals surface area contributed by atoms with Gasteiger partial charge in [-0.25, -0.2) is 14.0 Å². The van der Waals surface area contributed by atoms with Crippen LogP contribution < -0.4 is 10.2 Å². The van der Waals surface area contributed by atoms with E-state index in [2.05, 4.69) is 10.2 Å². The first-order chi connectivity index (χ1) is 24.3. The number of carbonyl (C=O) groups excluding carboxylic acids is 4. The van der Waals surface area contributed by atoms with Gasteiger partial charge in [-0.05, 0) is 87.7 Å². The van der Waals surface area contributed by atoms with Gasteiger partial charge in [-0.2, -0.15) is 0 Å². The summed E-state index contributed by atoms with van der Waals surface area (Å²) in [6.07, 6.45) is 6.30. The fourth-order valence-corrected chi connectivity index (χ4v) is 7.24. The number of aliphatic hydroxyl groups is 1. The first kappa shape index (κ1) is 40.0. The fraction of sp³-hybridized carbons (Fsp3) is 0.641. The molecule has 0 bridgehead atoms. The number of piperidine rings is 1. The number of likely N-dealkylation sites (tertiary alicyclic amines) is 1. The normalized spacial score (nSPS) is 27.0. The van der Waals surface area contributed by atoms with Crippen LogP contribution in [0.4, 0.5) is 19.7 Å². The molecular formula is C39H58FN5O6. The molecule has 3 amide bonds. The number of amides is 3. The number of benzene rings is 1. The van der Waals surface area contributed by atoms with Crippen molar-refractivity contribution in [2.24, 2.45) is 17.8 Å². The molecule has 2 fully saturated rings. The second-order valence-corrected chi connectivity index (χ2v) is 14.8. The van der Waals surface area contributed by atoms with Crippen LogP contribution >= 0.6 is 0 Å². The third-order valence-electron chi connectivity index (χ3n) is 10.6. The Bertz CT molecular complexity index is 1430. The van der Waals surface area contributed by atoms with Crippen LogP contribution in [-0.4, -0.2) is 122 Å². The number of halogens is 1. The first-order valence-corrected chi connectivity index (χ1v) is 18.6. The molecule has 51 heavy (non-hydrogen) atoms. The van der Waals surface area contributed by atoms with E-state index in [4.69, 9.17) is 4.74 Å². The monoisotopic (exact) mass is 711 g/mol. The van der Waals surface area contributed by atoms with E-state index in [0.717, 1.165) is 32.4 Å². The Kier molecular flexibility index (Phi) is 14.6. The second-order valence-electron chi connectivity index (χ2n) is 14.8. The molecule has 1 aromatic carbocycles. The van der Waals surface area contributed by atoms with E-state index in [-0.39, 0.29) is 30.8 Å². The van der Waals surface area contributed by atoms with Gasteiger partial charge in [-0.15, -0.1) is 0 Å². The number of likely N-dealkylation sites (N-methyl/N-ethyl adjacent to an activating group) is 1. The van der Waals surface area contributed by atoms with E-state index in [0.29, 0.717) is 56.0 Å². The van der Waals surface area contributed by atoms with E-state index >= 15 is 4.39 Å². The van der Waals surface area contributed by atoms with Gasteiger partial charge in [0.05, 0.1) is 12.0 Å². The van der Waals surface area contributed by atoms with Gasteiger partial charge in [0.2, 0.25) is 11.6 Å². The Balaban J connectivity index is 1.54. The van der Waals surface area contributed by atoms with E-state index in [1.807, 2.05) is 62.9 Å². The zero-order valence-electron chi connectivity index (χ0n) is 31.3. The number of hydrogen-bond acceptors (Lipinski definition) is 8. The molecular weight excluding hydrogens is 653 g/mol. The Labute approximate surface area is 302 Å². The quantitative estimate of drug-likeness (QED) is 0.295. The molecule has 1 aliphatic carbocycles. The maximum atomic E-state index is 15.1. The lowest BCUT2D eigenvalue weighted by Gasteiger charge is -2.38. The summed E-state index contributed by atoms with van der Waals surface area (Å²) in [5.41, 5.74) is 1.82. The van der Waals surface area contributed by atoms with Gasteiger partial charge < -0.3 is 34.8 Å². The Morgan fingerprint density at radius 2 is 1.69 bits per heavy atom. The maximum absolute atomic E-state index is 15.1. The number of anilines is 1. The average Bonchev–Trinajstić information content (AvgIpc) is 3.10. The minimum atomic E-state index is -1.000.